The standard InChI is InChI=1S/C20H20ClN5O3S/c1-25(2)18(28)12-29-16-9-7-15(8-10-16)22-17(27)11-26-19(23-24-20(26)30)13-3-5-14(21)6-4-13/h3-10H,11-12H2,1-2H3,(H,22,27)(H,24,30). The van der Waals surface area contributed by atoms with Crippen LogP contribution in [0.3, 0.4) is 0 Å². The van der Waals surface area contributed by atoms with Crippen LogP contribution in [-0.2, 0) is 16.1 Å². The summed E-state index contributed by atoms with van der Waals surface area (Å²) in [5.74, 6) is 0.672. The van der Waals surface area contributed by atoms with Crippen molar-refractivity contribution < 1.29 is 14.3 Å². The second kappa shape index (κ2) is 9.55. The van der Waals surface area contributed by atoms with Crippen LogP contribution in [0.5, 0.6) is 5.75 Å². The number of amides is 2. The first-order valence-corrected chi connectivity index (χ1v) is 9.76. The molecule has 2 aromatic carbocycles. The van der Waals surface area contributed by atoms with Crippen LogP contribution in [0.1, 0.15) is 0 Å². The molecule has 0 atom stereocenters. The smallest absolute Gasteiger partial charge is 0.259 e. The molecule has 0 unspecified atom stereocenters. The van der Waals surface area contributed by atoms with Crippen LogP contribution in [0.15, 0.2) is 48.5 Å². The van der Waals surface area contributed by atoms with Crippen molar-refractivity contribution in [2.75, 3.05) is 26.0 Å². The Morgan fingerprint density at radius 3 is 2.47 bits per heavy atom. The van der Waals surface area contributed by atoms with Crippen LogP contribution in [-0.4, -0.2) is 52.2 Å². The molecule has 1 heterocycles. The summed E-state index contributed by atoms with van der Waals surface area (Å²) >= 11 is 11.2. The maximum absolute atomic E-state index is 12.5. The number of H-pyrrole nitrogens is 1. The maximum Gasteiger partial charge on any atom is 0.259 e. The van der Waals surface area contributed by atoms with Crippen LogP contribution < -0.4 is 10.1 Å². The van der Waals surface area contributed by atoms with Gasteiger partial charge in [-0.3, -0.25) is 19.3 Å². The lowest BCUT2D eigenvalue weighted by atomic mass is 10.2. The Balaban J connectivity index is 1.64. The number of carbonyl (C=O) groups excluding carboxylic acids is 2. The Labute approximate surface area is 183 Å². The lowest BCUT2D eigenvalue weighted by molar-refractivity contribution is -0.130. The van der Waals surface area contributed by atoms with Gasteiger partial charge in [0, 0.05) is 30.4 Å². The van der Waals surface area contributed by atoms with Gasteiger partial charge >= 0.3 is 0 Å². The molecule has 10 heteroatoms. The fourth-order valence-corrected chi connectivity index (χ4v) is 2.86. The van der Waals surface area contributed by atoms with Gasteiger partial charge in [-0.1, -0.05) is 11.6 Å². The SMILES string of the molecule is CN(C)C(=O)COc1ccc(NC(=O)Cn2c(-c3ccc(Cl)cc3)n[nH]c2=S)cc1. The third-order valence-corrected chi connectivity index (χ3v) is 4.73. The van der Waals surface area contributed by atoms with Crippen molar-refractivity contribution in [3.8, 4) is 17.1 Å². The Hall–Kier alpha value is -3.17. The summed E-state index contributed by atoms with van der Waals surface area (Å²) in [7, 11) is 3.32. The van der Waals surface area contributed by atoms with Crippen molar-refractivity contribution >= 4 is 41.3 Å². The summed E-state index contributed by atoms with van der Waals surface area (Å²) in [6.45, 7) is -0.0617. The zero-order valence-electron chi connectivity index (χ0n) is 16.4. The summed E-state index contributed by atoms with van der Waals surface area (Å²) in [6.07, 6.45) is 0. The van der Waals surface area contributed by atoms with Crippen LogP contribution in [0, 0.1) is 4.77 Å². The Kier molecular flexibility index (Phi) is 6.86. The van der Waals surface area contributed by atoms with E-state index in [1.807, 2.05) is 0 Å². The molecule has 0 bridgehead atoms. The van der Waals surface area contributed by atoms with Gasteiger partial charge in [0.25, 0.3) is 5.91 Å². The second-order valence-electron chi connectivity index (χ2n) is 6.59. The molecule has 3 rings (SSSR count). The van der Waals surface area contributed by atoms with Gasteiger partial charge in [0.2, 0.25) is 5.91 Å². The van der Waals surface area contributed by atoms with Crippen molar-refractivity contribution in [3.63, 3.8) is 0 Å². The molecule has 2 amide bonds. The van der Waals surface area contributed by atoms with E-state index in [-0.39, 0.29) is 25.0 Å². The Bertz CT molecular complexity index is 1090. The number of aromatic nitrogens is 3. The first kappa shape index (κ1) is 21.5. The number of rotatable bonds is 7. The number of anilines is 1. The first-order valence-electron chi connectivity index (χ1n) is 8.97. The molecule has 3 aromatic rings. The summed E-state index contributed by atoms with van der Waals surface area (Å²) in [4.78, 5) is 25.5. The number of nitrogens with zero attached hydrogens (tertiary/aromatic N) is 3. The molecule has 0 aliphatic heterocycles. The van der Waals surface area contributed by atoms with Gasteiger partial charge < -0.3 is 15.0 Å². The van der Waals surface area contributed by atoms with E-state index >= 15 is 0 Å². The number of nitrogens with one attached hydrogen (secondary N) is 2. The number of halogens is 1. The highest BCUT2D eigenvalue weighted by molar-refractivity contribution is 7.71. The molecule has 0 radical (unpaired) electrons. The van der Waals surface area contributed by atoms with Gasteiger partial charge in [0.15, 0.2) is 17.2 Å². The Morgan fingerprint density at radius 2 is 1.83 bits per heavy atom. The van der Waals surface area contributed by atoms with E-state index < -0.39 is 0 Å². The molecule has 8 nitrogen and oxygen atoms in total. The maximum atomic E-state index is 12.5. The highest BCUT2D eigenvalue weighted by atomic mass is 35.5. The molecule has 0 spiro atoms. The van der Waals surface area contributed by atoms with Crippen molar-refractivity contribution in [3.05, 3.63) is 58.3 Å². The molecule has 0 aliphatic rings. The minimum Gasteiger partial charge on any atom is -0.484 e. The molecule has 2 N–H and O–H groups in total. The second-order valence-corrected chi connectivity index (χ2v) is 7.42. The fourth-order valence-electron chi connectivity index (χ4n) is 2.54. The number of benzene rings is 2. The lowest BCUT2D eigenvalue weighted by Crippen LogP contribution is -2.27. The first-order chi connectivity index (χ1) is 14.3. The monoisotopic (exact) mass is 445 g/mol. The van der Waals surface area contributed by atoms with Crippen molar-refractivity contribution in [1.82, 2.24) is 19.7 Å². The van der Waals surface area contributed by atoms with E-state index in [0.29, 0.717) is 27.1 Å². The molecule has 30 heavy (non-hydrogen) atoms. The van der Waals surface area contributed by atoms with Crippen LogP contribution in [0.2, 0.25) is 5.02 Å². The predicted octanol–water partition coefficient (Wildman–Crippen LogP) is 3.37. The Morgan fingerprint density at radius 1 is 1.17 bits per heavy atom. The third kappa shape index (κ3) is 5.46. The molecule has 156 valence electrons. The van der Waals surface area contributed by atoms with Gasteiger partial charge in [0.1, 0.15) is 12.3 Å². The highest BCUT2D eigenvalue weighted by Gasteiger charge is 2.13. The third-order valence-electron chi connectivity index (χ3n) is 4.16. The van der Waals surface area contributed by atoms with Gasteiger partial charge in [-0.05, 0) is 60.7 Å². The van der Waals surface area contributed by atoms with E-state index in [0.717, 1.165) is 5.56 Å². The fraction of sp³-hybridized carbons (Fsp3) is 0.200. The van der Waals surface area contributed by atoms with Crippen molar-refractivity contribution in [2.24, 2.45) is 0 Å². The normalized spacial score (nSPS) is 10.5. The molecule has 1 aromatic heterocycles. The van der Waals surface area contributed by atoms with Gasteiger partial charge in [-0.25, -0.2) is 0 Å². The number of hydrogen-bond acceptors (Lipinski definition) is 5. The number of ether oxygens (including phenoxy) is 1. The predicted molar refractivity (Wildman–Crippen MR) is 117 cm³/mol. The number of aromatic amines is 1. The van der Waals surface area contributed by atoms with Crippen molar-refractivity contribution in [1.29, 1.82) is 0 Å². The quantitative estimate of drug-likeness (QED) is 0.544. The van der Waals surface area contributed by atoms with E-state index in [1.165, 1.54) is 4.90 Å². The topological polar surface area (TPSA) is 92.2 Å². The average Bonchev–Trinajstić information content (AvgIpc) is 3.08. The summed E-state index contributed by atoms with van der Waals surface area (Å²) in [6, 6.07) is 13.9. The number of carbonyl (C=O) groups is 2. The number of likely N-dealkylation sites (N-methyl/N-ethyl adjacent to an activating group) is 1. The molecule has 0 aliphatic carbocycles. The lowest BCUT2D eigenvalue weighted by Gasteiger charge is -2.12. The summed E-state index contributed by atoms with van der Waals surface area (Å²) in [5.41, 5.74) is 1.38. The number of hydrogen-bond donors (Lipinski definition) is 2. The summed E-state index contributed by atoms with van der Waals surface area (Å²) < 4.78 is 7.37. The van der Waals surface area contributed by atoms with Crippen LogP contribution in [0.25, 0.3) is 11.4 Å². The van der Waals surface area contributed by atoms with Gasteiger partial charge in [-0.2, -0.15) is 5.10 Å². The highest BCUT2D eigenvalue weighted by Crippen LogP contribution is 2.20. The summed E-state index contributed by atoms with van der Waals surface area (Å²) in [5, 5.41) is 10.3. The van der Waals surface area contributed by atoms with Gasteiger partial charge in [0.05, 0.1) is 0 Å². The van der Waals surface area contributed by atoms with E-state index in [1.54, 1.807) is 67.2 Å². The van der Waals surface area contributed by atoms with E-state index in [4.69, 9.17) is 28.6 Å². The zero-order valence-corrected chi connectivity index (χ0v) is 18.0. The largest absolute Gasteiger partial charge is 0.484 e. The average molecular weight is 446 g/mol. The van der Waals surface area contributed by atoms with E-state index in [2.05, 4.69) is 15.5 Å². The molecular weight excluding hydrogens is 426 g/mol. The van der Waals surface area contributed by atoms with Crippen LogP contribution >= 0.6 is 23.8 Å². The molecule has 0 fully saturated rings. The molecule has 0 saturated heterocycles. The zero-order chi connectivity index (χ0) is 21.7. The molecular formula is C20H20ClN5O3S. The van der Waals surface area contributed by atoms with E-state index in [9.17, 15) is 9.59 Å². The van der Waals surface area contributed by atoms with Gasteiger partial charge in [-0.15, -0.1) is 0 Å². The van der Waals surface area contributed by atoms with Crippen molar-refractivity contribution in [2.45, 2.75) is 6.54 Å². The van der Waals surface area contributed by atoms with Crippen LogP contribution in [0.4, 0.5) is 5.69 Å². The molecule has 0 saturated carbocycles. The minimum absolute atomic E-state index is 0.0110. The minimum atomic E-state index is -0.265.